The lowest BCUT2D eigenvalue weighted by Crippen LogP contribution is -2.18. The van der Waals surface area contributed by atoms with Gasteiger partial charge in [0, 0.05) is 30.7 Å². The third-order valence-electron chi connectivity index (χ3n) is 5.43. The Bertz CT molecular complexity index is 1140. The van der Waals surface area contributed by atoms with E-state index in [2.05, 4.69) is 43.0 Å². The van der Waals surface area contributed by atoms with Gasteiger partial charge in [-0.3, -0.25) is 0 Å². The molecule has 6 nitrogen and oxygen atoms in total. The summed E-state index contributed by atoms with van der Waals surface area (Å²) in [5, 5.41) is 4.21. The molecule has 30 heavy (non-hydrogen) atoms. The lowest BCUT2D eigenvalue weighted by Gasteiger charge is -2.17. The summed E-state index contributed by atoms with van der Waals surface area (Å²) in [6.07, 6.45) is 6.47. The Hall–Kier alpha value is -3.67. The molecule has 152 valence electrons. The first-order chi connectivity index (χ1) is 14.5. The van der Waals surface area contributed by atoms with Crippen molar-refractivity contribution in [3.8, 4) is 5.69 Å². The van der Waals surface area contributed by atoms with Crippen molar-refractivity contribution in [3.05, 3.63) is 101 Å². The molecule has 0 aliphatic carbocycles. The molecule has 0 unspecified atom stereocenters. The van der Waals surface area contributed by atoms with Crippen LogP contribution in [0.4, 0.5) is 4.79 Å². The number of imidazole rings is 1. The largest absolute Gasteiger partial charge is 0.444 e. The Morgan fingerprint density at radius 3 is 2.57 bits per heavy atom. The van der Waals surface area contributed by atoms with Gasteiger partial charge in [0.05, 0.1) is 5.69 Å². The fraction of sp³-hybridized carbons (Fsp3) is 0.208. The molecule has 0 aliphatic heterocycles. The summed E-state index contributed by atoms with van der Waals surface area (Å²) in [7, 11) is 0. The second-order valence-electron chi connectivity index (χ2n) is 7.34. The average Bonchev–Trinajstić information content (AvgIpc) is 3.46. The van der Waals surface area contributed by atoms with E-state index in [1.54, 1.807) is 23.3 Å². The maximum Gasteiger partial charge on any atom is 0.419 e. The van der Waals surface area contributed by atoms with Crippen LogP contribution in [0.1, 0.15) is 40.9 Å². The van der Waals surface area contributed by atoms with Gasteiger partial charge in [-0.05, 0) is 54.3 Å². The summed E-state index contributed by atoms with van der Waals surface area (Å²) in [6, 6.07) is 15.8. The van der Waals surface area contributed by atoms with E-state index in [4.69, 9.17) is 4.74 Å². The number of carbonyl (C=O) groups excluding carboxylic acids is 1. The van der Waals surface area contributed by atoms with Crippen molar-refractivity contribution in [2.45, 2.75) is 33.3 Å². The Morgan fingerprint density at radius 1 is 1.03 bits per heavy atom. The third-order valence-corrected chi connectivity index (χ3v) is 5.43. The average molecular weight is 400 g/mol. The maximum absolute atomic E-state index is 12.7. The second-order valence-corrected chi connectivity index (χ2v) is 7.34. The van der Waals surface area contributed by atoms with Gasteiger partial charge in [-0.2, -0.15) is 5.10 Å². The summed E-state index contributed by atoms with van der Waals surface area (Å²) in [5.41, 5.74) is 5.45. The zero-order valence-corrected chi connectivity index (χ0v) is 17.3. The number of hydrogen-bond donors (Lipinski definition) is 0. The van der Waals surface area contributed by atoms with Gasteiger partial charge in [0.1, 0.15) is 12.4 Å². The highest BCUT2D eigenvalue weighted by molar-refractivity contribution is 5.71. The van der Waals surface area contributed by atoms with E-state index in [0.717, 1.165) is 16.8 Å². The SMILES string of the molecule is Cc1cccc([C@H](C)c2nccn2C(=O)OCc2ccc(-n3cccn3)cc2)c1C. The fourth-order valence-corrected chi connectivity index (χ4v) is 3.55. The quantitative estimate of drug-likeness (QED) is 0.472. The second kappa shape index (κ2) is 8.37. The third kappa shape index (κ3) is 3.89. The molecule has 0 spiro atoms. The van der Waals surface area contributed by atoms with Crippen LogP contribution in [-0.2, 0) is 11.3 Å². The van der Waals surface area contributed by atoms with Crippen molar-refractivity contribution in [1.29, 1.82) is 0 Å². The number of aryl methyl sites for hydroxylation is 1. The van der Waals surface area contributed by atoms with Crippen molar-refractivity contribution in [3.63, 3.8) is 0 Å². The van der Waals surface area contributed by atoms with Gasteiger partial charge in [0.2, 0.25) is 0 Å². The summed E-state index contributed by atoms with van der Waals surface area (Å²) in [5.74, 6) is 0.642. The Balaban J connectivity index is 1.46. The minimum absolute atomic E-state index is 0.0270. The molecule has 0 amide bonds. The molecule has 0 saturated heterocycles. The van der Waals surface area contributed by atoms with E-state index in [-0.39, 0.29) is 12.5 Å². The van der Waals surface area contributed by atoms with Gasteiger partial charge in [-0.25, -0.2) is 19.0 Å². The van der Waals surface area contributed by atoms with E-state index in [0.29, 0.717) is 5.82 Å². The molecule has 0 radical (unpaired) electrons. The minimum Gasteiger partial charge on any atom is -0.444 e. The number of benzene rings is 2. The zero-order chi connectivity index (χ0) is 21.1. The van der Waals surface area contributed by atoms with Gasteiger partial charge < -0.3 is 4.74 Å². The minimum atomic E-state index is -0.434. The van der Waals surface area contributed by atoms with Gasteiger partial charge in [-0.1, -0.05) is 37.3 Å². The van der Waals surface area contributed by atoms with Crippen LogP contribution < -0.4 is 0 Å². The van der Waals surface area contributed by atoms with E-state index in [1.165, 1.54) is 15.7 Å². The van der Waals surface area contributed by atoms with Gasteiger partial charge in [-0.15, -0.1) is 0 Å². The first-order valence-corrected chi connectivity index (χ1v) is 9.90. The predicted molar refractivity (Wildman–Crippen MR) is 115 cm³/mol. The van der Waals surface area contributed by atoms with Crippen LogP contribution in [0.5, 0.6) is 0 Å². The van der Waals surface area contributed by atoms with Gasteiger partial charge in [0.15, 0.2) is 0 Å². The van der Waals surface area contributed by atoms with Crippen LogP contribution >= 0.6 is 0 Å². The first-order valence-electron chi connectivity index (χ1n) is 9.90. The molecule has 4 rings (SSSR count). The van der Waals surface area contributed by atoms with Crippen molar-refractivity contribution in [1.82, 2.24) is 19.3 Å². The summed E-state index contributed by atoms with van der Waals surface area (Å²) < 4.78 is 8.82. The number of ether oxygens (including phenoxy) is 1. The van der Waals surface area contributed by atoms with E-state index in [1.807, 2.05) is 42.6 Å². The first kappa shape index (κ1) is 19.6. The summed E-state index contributed by atoms with van der Waals surface area (Å²) >= 11 is 0. The molecule has 2 heterocycles. The van der Waals surface area contributed by atoms with Crippen LogP contribution in [0.3, 0.4) is 0 Å². The normalized spacial score (nSPS) is 12.0. The highest BCUT2D eigenvalue weighted by atomic mass is 16.5. The molecule has 2 aromatic heterocycles. The number of carbonyl (C=O) groups is 1. The molecule has 0 saturated carbocycles. The molecule has 0 fully saturated rings. The van der Waals surface area contributed by atoms with Crippen LogP contribution in [0.2, 0.25) is 0 Å². The van der Waals surface area contributed by atoms with E-state index < -0.39 is 6.09 Å². The van der Waals surface area contributed by atoms with Crippen LogP contribution in [0.15, 0.2) is 73.3 Å². The molecule has 0 bridgehead atoms. The molecule has 1 atom stereocenters. The van der Waals surface area contributed by atoms with Crippen molar-refractivity contribution in [2.75, 3.05) is 0 Å². The summed E-state index contributed by atoms with van der Waals surface area (Å²) in [4.78, 5) is 17.2. The van der Waals surface area contributed by atoms with E-state index in [9.17, 15) is 4.79 Å². The zero-order valence-electron chi connectivity index (χ0n) is 17.3. The number of aromatic nitrogens is 4. The van der Waals surface area contributed by atoms with Crippen LogP contribution in [0.25, 0.3) is 5.69 Å². The standard InChI is InChI=1S/C24H24N4O2/c1-17-6-4-7-22(18(17)2)19(3)23-25-13-15-27(23)24(29)30-16-20-8-10-21(11-9-20)28-14-5-12-26-28/h4-15,19H,16H2,1-3H3/t19-/m0/s1. The lowest BCUT2D eigenvalue weighted by molar-refractivity contribution is 0.140. The predicted octanol–water partition coefficient (Wildman–Crippen LogP) is 5.02. The fourth-order valence-electron chi connectivity index (χ4n) is 3.55. The molecule has 0 N–H and O–H groups in total. The molecular weight excluding hydrogens is 376 g/mol. The molecule has 4 aromatic rings. The maximum atomic E-state index is 12.7. The molecule has 0 aliphatic rings. The number of nitrogens with zero attached hydrogens (tertiary/aromatic N) is 4. The van der Waals surface area contributed by atoms with Crippen molar-refractivity contribution in [2.24, 2.45) is 0 Å². The number of hydrogen-bond acceptors (Lipinski definition) is 4. The molecular formula is C24H24N4O2. The molecule has 2 aromatic carbocycles. The Kier molecular flexibility index (Phi) is 5.48. The highest BCUT2D eigenvalue weighted by Crippen LogP contribution is 2.27. The Labute approximate surface area is 175 Å². The number of rotatable bonds is 5. The van der Waals surface area contributed by atoms with Gasteiger partial charge in [0.25, 0.3) is 0 Å². The Morgan fingerprint density at radius 2 is 1.83 bits per heavy atom. The van der Waals surface area contributed by atoms with Crippen molar-refractivity contribution < 1.29 is 9.53 Å². The van der Waals surface area contributed by atoms with Gasteiger partial charge >= 0.3 is 6.09 Å². The molecule has 6 heteroatoms. The topological polar surface area (TPSA) is 61.9 Å². The highest BCUT2D eigenvalue weighted by Gasteiger charge is 2.20. The van der Waals surface area contributed by atoms with Crippen LogP contribution in [-0.4, -0.2) is 25.4 Å². The smallest absolute Gasteiger partial charge is 0.419 e. The van der Waals surface area contributed by atoms with Crippen molar-refractivity contribution >= 4 is 6.09 Å². The van der Waals surface area contributed by atoms with E-state index >= 15 is 0 Å². The monoisotopic (exact) mass is 400 g/mol. The lowest BCUT2D eigenvalue weighted by atomic mass is 9.93. The van der Waals surface area contributed by atoms with Crippen LogP contribution in [0, 0.1) is 13.8 Å². The summed E-state index contributed by atoms with van der Waals surface area (Å²) in [6.45, 7) is 6.43.